The fourth-order valence-electron chi connectivity index (χ4n) is 1.87. The van der Waals surface area contributed by atoms with Crippen LogP contribution in [0.2, 0.25) is 0 Å². The Morgan fingerprint density at radius 1 is 1.47 bits per heavy atom. The Hall–Kier alpha value is -1.73. The third-order valence-corrected chi connectivity index (χ3v) is 4.68. The first-order valence-electron chi connectivity index (χ1n) is 5.72. The molecule has 1 atom stereocenters. The summed E-state index contributed by atoms with van der Waals surface area (Å²) in [6, 6.07) is 1.52. The summed E-state index contributed by atoms with van der Waals surface area (Å²) in [6.45, 7) is 1.88. The van der Waals surface area contributed by atoms with Crippen molar-refractivity contribution < 1.29 is 18.3 Å². The first-order chi connectivity index (χ1) is 8.91. The highest BCUT2D eigenvalue weighted by atomic mass is 32.2. The van der Waals surface area contributed by atoms with Crippen molar-refractivity contribution in [3.63, 3.8) is 0 Å². The van der Waals surface area contributed by atoms with Crippen LogP contribution < -0.4 is 0 Å². The monoisotopic (exact) mass is 282 g/mol. The van der Waals surface area contributed by atoms with Crippen LogP contribution in [0.1, 0.15) is 5.56 Å². The molecular formula is C12H14N2O4S. The first-order valence-corrected chi connectivity index (χ1v) is 7.16. The second-order valence-corrected chi connectivity index (χ2v) is 6.33. The van der Waals surface area contributed by atoms with Gasteiger partial charge in [0.05, 0.1) is 5.92 Å². The summed E-state index contributed by atoms with van der Waals surface area (Å²) in [5, 5.41) is 8.95. The Kier molecular flexibility index (Phi) is 3.68. The quantitative estimate of drug-likeness (QED) is 0.822. The van der Waals surface area contributed by atoms with E-state index in [4.69, 9.17) is 5.11 Å². The molecule has 7 heteroatoms. The fraction of sp³-hybridized carbons (Fsp3) is 0.333. The van der Waals surface area contributed by atoms with Gasteiger partial charge in [0.2, 0.25) is 10.0 Å². The lowest BCUT2D eigenvalue weighted by molar-refractivity contribution is -0.140. The van der Waals surface area contributed by atoms with E-state index in [0.717, 1.165) is 9.87 Å². The Labute approximate surface area is 111 Å². The molecule has 1 unspecified atom stereocenters. The number of aliphatic carboxylic acids is 1. The predicted molar refractivity (Wildman–Crippen MR) is 68.0 cm³/mol. The Balaban J connectivity index is 2.31. The van der Waals surface area contributed by atoms with Crippen molar-refractivity contribution in [1.29, 1.82) is 0 Å². The molecule has 2 rings (SSSR count). The first kappa shape index (κ1) is 13.7. The molecule has 0 saturated carbocycles. The van der Waals surface area contributed by atoms with Gasteiger partial charge in [-0.15, -0.1) is 0 Å². The molecule has 0 aliphatic carbocycles. The summed E-state index contributed by atoms with van der Waals surface area (Å²) >= 11 is 0. The van der Waals surface area contributed by atoms with E-state index in [1.807, 2.05) is 0 Å². The van der Waals surface area contributed by atoms with Crippen LogP contribution in [0.15, 0.2) is 35.5 Å². The number of nitrogens with zero attached hydrogens (tertiary/aromatic N) is 2. The van der Waals surface area contributed by atoms with E-state index >= 15 is 0 Å². The molecule has 0 fully saturated rings. The molecule has 0 radical (unpaired) electrons. The van der Waals surface area contributed by atoms with E-state index in [1.54, 1.807) is 19.2 Å². The molecule has 0 saturated heterocycles. The number of carboxylic acid groups (broad SMARTS) is 1. The van der Waals surface area contributed by atoms with Gasteiger partial charge in [-0.3, -0.25) is 9.78 Å². The maximum Gasteiger partial charge on any atom is 0.311 e. The van der Waals surface area contributed by atoms with Gasteiger partial charge in [0.15, 0.2) is 0 Å². The third kappa shape index (κ3) is 2.82. The van der Waals surface area contributed by atoms with Crippen molar-refractivity contribution >= 4 is 16.0 Å². The van der Waals surface area contributed by atoms with Crippen LogP contribution in [-0.2, 0) is 14.8 Å². The normalized spacial score (nSPS) is 20.4. The van der Waals surface area contributed by atoms with Crippen molar-refractivity contribution in [2.24, 2.45) is 5.92 Å². The number of carboxylic acids is 1. The molecule has 1 aliphatic rings. The third-order valence-electron chi connectivity index (χ3n) is 2.88. The van der Waals surface area contributed by atoms with Gasteiger partial charge in [-0.1, -0.05) is 12.2 Å². The maximum absolute atomic E-state index is 12.4. The summed E-state index contributed by atoms with van der Waals surface area (Å²) < 4.78 is 25.9. The molecule has 0 amide bonds. The lowest BCUT2D eigenvalue weighted by Crippen LogP contribution is -2.39. The van der Waals surface area contributed by atoms with Crippen LogP contribution in [0.4, 0.5) is 0 Å². The van der Waals surface area contributed by atoms with E-state index in [2.05, 4.69) is 4.98 Å². The molecule has 2 heterocycles. The highest BCUT2D eigenvalue weighted by Gasteiger charge is 2.30. The van der Waals surface area contributed by atoms with Gasteiger partial charge in [0, 0.05) is 25.5 Å². The van der Waals surface area contributed by atoms with Crippen molar-refractivity contribution in [3.8, 4) is 0 Å². The molecule has 0 bridgehead atoms. The lowest BCUT2D eigenvalue weighted by atomic mass is 10.1. The highest BCUT2D eigenvalue weighted by molar-refractivity contribution is 7.89. The van der Waals surface area contributed by atoms with Gasteiger partial charge in [0.1, 0.15) is 4.90 Å². The molecule has 1 N–H and O–H groups in total. The van der Waals surface area contributed by atoms with Crippen LogP contribution in [0, 0.1) is 12.8 Å². The SMILES string of the molecule is Cc1cncc(S(=O)(=O)N2CC=CC(C(=O)O)C2)c1. The number of hydrogen-bond acceptors (Lipinski definition) is 4. The number of rotatable bonds is 3. The van der Waals surface area contributed by atoms with Crippen LogP contribution in [0.25, 0.3) is 0 Å². The van der Waals surface area contributed by atoms with Gasteiger partial charge in [-0.05, 0) is 18.6 Å². The molecule has 1 aromatic heterocycles. The molecular weight excluding hydrogens is 268 g/mol. The summed E-state index contributed by atoms with van der Waals surface area (Å²) in [5.74, 6) is -1.83. The zero-order valence-corrected chi connectivity index (χ0v) is 11.2. The molecule has 1 aliphatic heterocycles. The van der Waals surface area contributed by atoms with E-state index in [1.165, 1.54) is 18.3 Å². The number of aromatic nitrogens is 1. The molecule has 6 nitrogen and oxygen atoms in total. The van der Waals surface area contributed by atoms with Gasteiger partial charge >= 0.3 is 5.97 Å². The average molecular weight is 282 g/mol. The minimum atomic E-state index is -3.69. The summed E-state index contributed by atoms with van der Waals surface area (Å²) in [7, 11) is -3.69. The standard InChI is InChI=1S/C12H14N2O4S/c1-9-5-11(7-13-6-9)19(17,18)14-4-2-3-10(8-14)12(15)16/h2-3,5-7,10H,4,8H2,1H3,(H,15,16). The molecule has 102 valence electrons. The van der Waals surface area contributed by atoms with Gasteiger partial charge < -0.3 is 5.11 Å². The number of pyridine rings is 1. The van der Waals surface area contributed by atoms with E-state index < -0.39 is 21.9 Å². The van der Waals surface area contributed by atoms with Crippen LogP contribution in [-0.4, -0.2) is 41.9 Å². The molecule has 19 heavy (non-hydrogen) atoms. The fourth-order valence-corrected chi connectivity index (χ4v) is 3.34. The van der Waals surface area contributed by atoms with Crippen molar-refractivity contribution in [1.82, 2.24) is 9.29 Å². The largest absolute Gasteiger partial charge is 0.481 e. The number of carbonyl (C=O) groups is 1. The minimum absolute atomic E-state index is 0.0535. The highest BCUT2D eigenvalue weighted by Crippen LogP contribution is 2.20. The zero-order valence-electron chi connectivity index (χ0n) is 10.4. The lowest BCUT2D eigenvalue weighted by Gasteiger charge is -2.26. The number of hydrogen-bond donors (Lipinski definition) is 1. The smallest absolute Gasteiger partial charge is 0.311 e. The van der Waals surface area contributed by atoms with Crippen LogP contribution in [0.5, 0.6) is 0 Å². The summed E-state index contributed by atoms with van der Waals surface area (Å²) in [5.41, 5.74) is 0.739. The predicted octanol–water partition coefficient (Wildman–Crippen LogP) is 0.651. The van der Waals surface area contributed by atoms with E-state index in [0.29, 0.717) is 0 Å². The van der Waals surface area contributed by atoms with E-state index in [-0.39, 0.29) is 18.0 Å². The Bertz CT molecular complexity index is 624. The van der Waals surface area contributed by atoms with Crippen LogP contribution >= 0.6 is 0 Å². The van der Waals surface area contributed by atoms with Crippen molar-refractivity contribution in [3.05, 3.63) is 36.2 Å². The van der Waals surface area contributed by atoms with Crippen LogP contribution in [0.3, 0.4) is 0 Å². The Morgan fingerprint density at radius 2 is 2.21 bits per heavy atom. The maximum atomic E-state index is 12.4. The van der Waals surface area contributed by atoms with Gasteiger partial charge in [-0.25, -0.2) is 8.42 Å². The zero-order chi connectivity index (χ0) is 14.0. The number of sulfonamides is 1. The van der Waals surface area contributed by atoms with Gasteiger partial charge in [0.25, 0.3) is 0 Å². The van der Waals surface area contributed by atoms with E-state index in [9.17, 15) is 13.2 Å². The molecule has 0 spiro atoms. The topological polar surface area (TPSA) is 87.6 Å². The van der Waals surface area contributed by atoms with Crippen molar-refractivity contribution in [2.75, 3.05) is 13.1 Å². The average Bonchev–Trinajstić information content (AvgIpc) is 2.39. The van der Waals surface area contributed by atoms with Crippen molar-refractivity contribution in [2.45, 2.75) is 11.8 Å². The molecule has 0 aromatic carbocycles. The summed E-state index contributed by atoms with van der Waals surface area (Å²) in [4.78, 5) is 14.9. The Morgan fingerprint density at radius 3 is 2.84 bits per heavy atom. The van der Waals surface area contributed by atoms with Gasteiger partial charge in [-0.2, -0.15) is 4.31 Å². The number of aryl methyl sites for hydroxylation is 1. The molecule has 1 aromatic rings. The summed E-state index contributed by atoms with van der Waals surface area (Å²) in [6.07, 6.45) is 5.91. The second-order valence-electron chi connectivity index (χ2n) is 4.39. The minimum Gasteiger partial charge on any atom is -0.481 e. The second kappa shape index (κ2) is 5.10.